The van der Waals surface area contributed by atoms with Crippen molar-refractivity contribution in [3.8, 4) is 23.7 Å². The highest BCUT2D eigenvalue weighted by molar-refractivity contribution is 5.83. The summed E-state index contributed by atoms with van der Waals surface area (Å²) < 4.78 is 0. The Labute approximate surface area is 399 Å². The molecule has 6 aromatic carbocycles. The lowest BCUT2D eigenvalue weighted by molar-refractivity contribution is 0.574. The van der Waals surface area contributed by atoms with Crippen LogP contribution in [0.4, 0.5) is 5.69 Å². The summed E-state index contributed by atoms with van der Waals surface area (Å²) in [5.41, 5.74) is 24.6. The van der Waals surface area contributed by atoms with E-state index in [2.05, 4.69) is 165 Å². The van der Waals surface area contributed by atoms with E-state index in [1.807, 2.05) is 6.92 Å². The van der Waals surface area contributed by atoms with Crippen LogP contribution in [0.15, 0.2) is 109 Å². The molecule has 0 amide bonds. The first-order valence-corrected chi connectivity index (χ1v) is 24.9. The van der Waals surface area contributed by atoms with Gasteiger partial charge in [-0.2, -0.15) is 0 Å². The fraction of sp³-hybridized carbons (Fsp3) is 0.385. The Kier molecular flexibility index (Phi) is 14.5. The van der Waals surface area contributed by atoms with Gasteiger partial charge in [0.25, 0.3) is 0 Å². The molecule has 1 heteroatoms. The van der Waals surface area contributed by atoms with Crippen molar-refractivity contribution in [2.24, 2.45) is 0 Å². The Bertz CT molecular complexity index is 2610. The molecule has 6 aliphatic carbocycles. The minimum Gasteiger partial charge on any atom is -0.371 e. The molecule has 0 heterocycles. The molecule has 0 saturated heterocycles. The van der Waals surface area contributed by atoms with Crippen LogP contribution in [-0.2, 0) is 0 Å². The summed E-state index contributed by atoms with van der Waals surface area (Å²) in [6, 6.07) is 42.0. The zero-order chi connectivity index (χ0) is 43.7. The smallest absolute Gasteiger partial charge is 0.0528 e. The molecule has 1 nitrogen and oxygen atoms in total. The van der Waals surface area contributed by atoms with Crippen LogP contribution < -0.4 is 4.90 Å². The van der Waals surface area contributed by atoms with Crippen LogP contribution in [-0.4, -0.2) is 13.1 Å². The molecule has 0 N–H and O–H groups in total. The number of anilines is 1. The lowest BCUT2D eigenvalue weighted by Crippen LogP contribution is -2.35. The molecule has 0 aliphatic heterocycles. The van der Waals surface area contributed by atoms with Crippen molar-refractivity contribution in [1.82, 2.24) is 0 Å². The van der Waals surface area contributed by atoms with Crippen molar-refractivity contribution in [3.05, 3.63) is 204 Å². The molecular weight excluding hydrogens is 795 g/mol. The summed E-state index contributed by atoms with van der Waals surface area (Å²) in [7, 11) is 0. The van der Waals surface area contributed by atoms with Crippen LogP contribution in [0.1, 0.15) is 231 Å². The van der Waals surface area contributed by atoms with Crippen LogP contribution >= 0.6 is 0 Å². The molecule has 6 aromatic rings. The Morgan fingerprint density at radius 3 is 1.08 bits per heavy atom. The second-order valence-electron chi connectivity index (χ2n) is 19.3. The lowest BCUT2D eigenvalue weighted by atomic mass is 9.53. The quantitative estimate of drug-likeness (QED) is 0.0733. The third-order valence-electron chi connectivity index (χ3n) is 15.4. The zero-order valence-corrected chi connectivity index (χ0v) is 39.0. The predicted octanol–water partition coefficient (Wildman–Crippen LogP) is 16.8. The van der Waals surface area contributed by atoms with Crippen molar-refractivity contribution < 1.29 is 0 Å². The third-order valence-corrected chi connectivity index (χ3v) is 15.4. The summed E-state index contributed by atoms with van der Waals surface area (Å²) >= 11 is 0. The Morgan fingerprint density at radius 2 is 0.727 bits per heavy atom. The van der Waals surface area contributed by atoms with E-state index >= 15 is 0 Å². The molecule has 0 unspecified atom stereocenters. The third kappa shape index (κ3) is 8.02. The average molecular weight is 868 g/mol. The van der Waals surface area contributed by atoms with E-state index in [-0.39, 0.29) is 38.5 Å². The second-order valence-corrected chi connectivity index (χ2v) is 19.3. The summed E-state index contributed by atoms with van der Waals surface area (Å²) in [6.45, 7) is 13.4. The van der Waals surface area contributed by atoms with Gasteiger partial charge in [0.05, 0.1) is 5.69 Å². The van der Waals surface area contributed by atoms with Gasteiger partial charge in [-0.3, -0.25) is 0 Å². The highest BCUT2D eigenvalue weighted by atomic mass is 15.1. The van der Waals surface area contributed by atoms with Gasteiger partial charge in [0.2, 0.25) is 0 Å². The topological polar surface area (TPSA) is 3.24 Å². The Hall–Kier alpha value is -5.76. The molecule has 338 valence electrons. The van der Waals surface area contributed by atoms with E-state index < -0.39 is 0 Å². The van der Waals surface area contributed by atoms with Gasteiger partial charge in [0, 0.05) is 53.5 Å². The lowest BCUT2D eigenvalue weighted by Gasteiger charge is -2.48. The summed E-state index contributed by atoms with van der Waals surface area (Å²) in [5.74, 6) is 15.9. The van der Waals surface area contributed by atoms with Crippen LogP contribution in [0.2, 0.25) is 0 Å². The largest absolute Gasteiger partial charge is 0.371 e. The molecule has 0 spiro atoms. The maximum Gasteiger partial charge on any atom is 0.0528 e. The Balaban J connectivity index is 0.00000296. The molecule has 66 heavy (non-hydrogen) atoms. The first-order valence-electron chi connectivity index (χ1n) is 24.9. The Morgan fingerprint density at radius 1 is 0.409 bits per heavy atom. The fourth-order valence-corrected chi connectivity index (χ4v) is 12.3. The molecular formula is C65H73N. The minimum atomic E-state index is 0. The van der Waals surface area contributed by atoms with Crippen molar-refractivity contribution in [2.45, 2.75) is 150 Å². The van der Waals surface area contributed by atoms with Crippen LogP contribution in [0.25, 0.3) is 0 Å². The number of hydrogen-bond acceptors (Lipinski definition) is 1. The maximum absolute atomic E-state index is 4.18. The zero-order valence-electron chi connectivity index (χ0n) is 39.0. The number of unbranched alkanes of at least 4 members (excludes halogenated alkanes) is 10. The SMILES string of the molecule is C.C.CC#Cc1c2c(c(C#Cc3cc(C)c(C)cc3N(CCCCCCCC)CCCCCCCC)c3c1C1c4ccccc4C3c3ccccc31)C1c3ccccc3C2c2ccccc21. The predicted molar refractivity (Wildman–Crippen MR) is 283 cm³/mol. The maximum atomic E-state index is 4.18. The van der Waals surface area contributed by atoms with Crippen LogP contribution in [0.3, 0.4) is 0 Å². The van der Waals surface area contributed by atoms with Crippen molar-refractivity contribution in [3.63, 3.8) is 0 Å². The van der Waals surface area contributed by atoms with Crippen LogP contribution in [0.5, 0.6) is 0 Å². The van der Waals surface area contributed by atoms with Gasteiger partial charge in [0.15, 0.2) is 0 Å². The van der Waals surface area contributed by atoms with Gasteiger partial charge in [-0.1, -0.05) is 208 Å². The number of hydrogen-bond donors (Lipinski definition) is 0. The van der Waals surface area contributed by atoms with Crippen LogP contribution in [0, 0.1) is 37.5 Å². The van der Waals surface area contributed by atoms with E-state index in [1.54, 1.807) is 0 Å². The molecule has 12 rings (SSSR count). The number of nitrogens with zero attached hydrogens (tertiary/aromatic N) is 1. The summed E-state index contributed by atoms with van der Waals surface area (Å²) in [6.07, 6.45) is 15.7. The standard InChI is InChI=1S/C63H65N.2CH4/c1-6-9-11-13-15-25-38-64(39-26-16-14-12-10-7-2)55-41-43(5)42(4)40-44(55)36-37-54-62-58-49-32-21-17-28-45(49)56(46-29-18-22-33-50(46)58)60(62)53(27-8-3)61-57-47-30-19-23-34-51(47)59(63(54)61)52-35-24-20-31-48(52)57;;/h17-24,28-35,40-41,56-59H,6-7,9-16,25-26,38-39H2,1-5H3;2*1H4. The van der Waals surface area contributed by atoms with Crippen molar-refractivity contribution >= 4 is 5.69 Å². The van der Waals surface area contributed by atoms with Crippen molar-refractivity contribution in [1.29, 1.82) is 0 Å². The minimum absolute atomic E-state index is 0. The number of rotatable bonds is 15. The normalized spacial score (nSPS) is 16.9. The number of benzene rings is 6. The molecule has 0 atom stereocenters. The number of aryl methyl sites for hydroxylation is 2. The van der Waals surface area contributed by atoms with E-state index in [0.717, 1.165) is 13.1 Å². The van der Waals surface area contributed by atoms with Gasteiger partial charge < -0.3 is 4.90 Å². The monoisotopic (exact) mass is 868 g/mol. The van der Waals surface area contributed by atoms with Gasteiger partial charge >= 0.3 is 0 Å². The molecule has 0 radical (unpaired) electrons. The molecule has 0 aromatic heterocycles. The summed E-state index contributed by atoms with van der Waals surface area (Å²) in [5, 5.41) is 0. The molecule has 6 aliphatic rings. The fourth-order valence-electron chi connectivity index (χ4n) is 12.3. The molecule has 4 bridgehead atoms. The van der Waals surface area contributed by atoms with E-state index in [4.69, 9.17) is 0 Å². The first-order chi connectivity index (χ1) is 31.5. The highest BCUT2D eigenvalue weighted by Crippen LogP contribution is 2.64. The van der Waals surface area contributed by atoms with E-state index in [0.29, 0.717) is 0 Å². The van der Waals surface area contributed by atoms with Gasteiger partial charge in [-0.15, -0.1) is 5.92 Å². The molecule has 0 saturated carbocycles. The second kappa shape index (κ2) is 20.4. The van der Waals surface area contributed by atoms with E-state index in [9.17, 15) is 0 Å². The van der Waals surface area contributed by atoms with Crippen molar-refractivity contribution in [2.75, 3.05) is 18.0 Å². The highest BCUT2D eigenvalue weighted by Gasteiger charge is 2.50. The van der Waals surface area contributed by atoms with Gasteiger partial charge in [0.1, 0.15) is 0 Å². The summed E-state index contributed by atoms with van der Waals surface area (Å²) in [4.78, 5) is 2.73. The van der Waals surface area contributed by atoms with Gasteiger partial charge in [-0.05, 0) is 124 Å². The van der Waals surface area contributed by atoms with Gasteiger partial charge in [-0.25, -0.2) is 0 Å². The van der Waals surface area contributed by atoms with E-state index in [1.165, 1.54) is 177 Å². The average Bonchev–Trinajstić information content (AvgIpc) is 3.33. The first kappa shape index (κ1) is 46.8. The molecule has 0 fully saturated rings.